The molecule has 206 valence electrons. The average Bonchev–Trinajstić information content (AvgIpc) is 3.07. The molecule has 3 heteroatoms. The molecule has 0 saturated heterocycles. The maximum atomic E-state index is 13.0. The first-order chi connectivity index (χ1) is 20.6. The van der Waals surface area contributed by atoms with Gasteiger partial charge < -0.3 is 0 Å². The van der Waals surface area contributed by atoms with Gasteiger partial charge in [0.1, 0.15) is 0 Å². The molecule has 1 atom stereocenters. The molecule has 0 spiro atoms. The van der Waals surface area contributed by atoms with Crippen molar-refractivity contribution in [2.24, 2.45) is 0 Å². The normalized spacial score (nSPS) is 12.5. The molecule has 0 heterocycles. The van der Waals surface area contributed by atoms with Crippen molar-refractivity contribution in [2.75, 3.05) is 0 Å². The Hall–Kier alpha value is -3.89. The summed E-state index contributed by atoms with van der Waals surface area (Å²) in [7, 11) is 0. The standard InChI is InChI=1S/C39H33ClGeO/c40-34-28-26-31(27-29-34)38(30-39(42,32-16-6-1-7-17-32)33-18-8-2-9-19-33)41(35-20-10-3-11-21-35,36-22-12-4-13-23-36)37-24-14-5-15-25-37/h1-29,38,42H,30H2. The van der Waals surface area contributed by atoms with E-state index in [2.05, 4.69) is 103 Å². The summed E-state index contributed by atoms with van der Waals surface area (Å²) >= 11 is 2.80. The van der Waals surface area contributed by atoms with Crippen molar-refractivity contribution in [2.45, 2.75) is 16.8 Å². The van der Waals surface area contributed by atoms with Crippen LogP contribution in [0.2, 0.25) is 5.02 Å². The van der Waals surface area contributed by atoms with Gasteiger partial charge in [0.2, 0.25) is 0 Å². The fourth-order valence-corrected chi connectivity index (χ4v) is 18.5. The summed E-state index contributed by atoms with van der Waals surface area (Å²) in [5, 5.41) is 13.8. The molecule has 0 aromatic heterocycles. The molecule has 1 unspecified atom stereocenters. The van der Waals surface area contributed by atoms with Crippen LogP contribution in [0.15, 0.2) is 176 Å². The van der Waals surface area contributed by atoms with E-state index < -0.39 is 18.9 Å². The Morgan fingerprint density at radius 3 is 1.17 bits per heavy atom. The number of halogens is 1. The van der Waals surface area contributed by atoms with Gasteiger partial charge in [-0.25, -0.2) is 0 Å². The van der Waals surface area contributed by atoms with Crippen molar-refractivity contribution in [1.29, 1.82) is 0 Å². The zero-order valence-electron chi connectivity index (χ0n) is 23.4. The Labute approximate surface area is 256 Å². The van der Waals surface area contributed by atoms with Gasteiger partial charge >= 0.3 is 258 Å². The van der Waals surface area contributed by atoms with Gasteiger partial charge in [-0.15, -0.1) is 0 Å². The Bertz CT molecular complexity index is 1550. The van der Waals surface area contributed by atoms with E-state index in [-0.39, 0.29) is 4.75 Å². The van der Waals surface area contributed by atoms with Gasteiger partial charge in [0.05, 0.1) is 0 Å². The van der Waals surface area contributed by atoms with E-state index in [0.29, 0.717) is 11.4 Å². The summed E-state index contributed by atoms with van der Waals surface area (Å²) in [6.07, 6.45) is 0.501. The predicted molar refractivity (Wildman–Crippen MR) is 179 cm³/mol. The van der Waals surface area contributed by atoms with Crippen LogP contribution in [-0.2, 0) is 5.60 Å². The Morgan fingerprint density at radius 2 is 0.810 bits per heavy atom. The van der Waals surface area contributed by atoms with E-state index in [1.807, 2.05) is 72.8 Å². The van der Waals surface area contributed by atoms with Crippen molar-refractivity contribution >= 4 is 38.1 Å². The molecule has 0 fully saturated rings. The van der Waals surface area contributed by atoms with Gasteiger partial charge in [-0.3, -0.25) is 0 Å². The second-order valence-corrected chi connectivity index (χ2v) is 19.7. The zero-order valence-corrected chi connectivity index (χ0v) is 26.2. The van der Waals surface area contributed by atoms with E-state index in [4.69, 9.17) is 11.6 Å². The summed E-state index contributed by atoms with van der Waals surface area (Å²) < 4.78 is 4.02. The van der Waals surface area contributed by atoms with Crippen LogP contribution in [0.4, 0.5) is 0 Å². The quantitative estimate of drug-likeness (QED) is 0.166. The molecule has 0 radical (unpaired) electrons. The summed E-state index contributed by atoms with van der Waals surface area (Å²) in [6.45, 7) is 0. The zero-order chi connectivity index (χ0) is 28.8. The second-order valence-electron chi connectivity index (χ2n) is 10.8. The summed E-state index contributed by atoms with van der Waals surface area (Å²) in [6, 6.07) is 61.6. The second kappa shape index (κ2) is 12.5. The SMILES string of the molecule is OC(C[CH](c1ccc(Cl)cc1)[Ge]([c]1ccccc1)([c]1ccccc1)[c]1ccccc1)(c1ccccc1)c1ccccc1. The molecular formula is C39H33ClGeO. The molecule has 0 amide bonds. The van der Waals surface area contributed by atoms with Gasteiger partial charge in [-0.05, 0) is 0 Å². The van der Waals surface area contributed by atoms with Crippen LogP contribution in [0.1, 0.15) is 27.9 Å². The number of hydrogen-bond acceptors (Lipinski definition) is 1. The van der Waals surface area contributed by atoms with Gasteiger partial charge in [-0.2, -0.15) is 0 Å². The molecule has 0 bridgehead atoms. The van der Waals surface area contributed by atoms with Crippen LogP contribution in [-0.4, -0.2) is 18.4 Å². The first kappa shape index (κ1) is 28.2. The van der Waals surface area contributed by atoms with Crippen LogP contribution < -0.4 is 13.2 Å². The van der Waals surface area contributed by atoms with Crippen LogP contribution in [0.5, 0.6) is 0 Å². The molecule has 6 rings (SSSR count). The van der Waals surface area contributed by atoms with E-state index in [1.165, 1.54) is 18.8 Å². The van der Waals surface area contributed by atoms with Gasteiger partial charge in [0.25, 0.3) is 0 Å². The molecule has 1 N–H and O–H groups in total. The average molecular weight is 626 g/mol. The topological polar surface area (TPSA) is 20.2 Å². The summed E-state index contributed by atoms with van der Waals surface area (Å²) in [5.41, 5.74) is 1.73. The third-order valence-electron chi connectivity index (χ3n) is 8.48. The maximum absolute atomic E-state index is 13.0. The number of rotatable bonds is 9. The molecule has 0 aliphatic rings. The number of benzene rings is 6. The van der Waals surface area contributed by atoms with E-state index in [9.17, 15) is 5.11 Å². The Kier molecular flexibility index (Phi) is 8.44. The van der Waals surface area contributed by atoms with Gasteiger partial charge in [0.15, 0.2) is 0 Å². The molecule has 0 aliphatic heterocycles. The molecule has 0 saturated carbocycles. The third-order valence-corrected chi connectivity index (χ3v) is 19.9. The molecule has 0 aliphatic carbocycles. The van der Waals surface area contributed by atoms with E-state index in [1.54, 1.807) is 0 Å². The Morgan fingerprint density at radius 1 is 0.476 bits per heavy atom. The first-order valence-electron chi connectivity index (χ1n) is 14.4. The van der Waals surface area contributed by atoms with E-state index >= 15 is 0 Å². The Balaban J connectivity index is 1.71. The van der Waals surface area contributed by atoms with Crippen molar-refractivity contribution < 1.29 is 5.11 Å². The summed E-state index contributed by atoms with van der Waals surface area (Å²) in [5.74, 6) is 0. The molecule has 6 aromatic carbocycles. The number of aliphatic hydroxyl groups is 1. The van der Waals surface area contributed by atoms with Gasteiger partial charge in [-0.1, -0.05) is 0 Å². The van der Waals surface area contributed by atoms with Crippen LogP contribution >= 0.6 is 11.6 Å². The monoisotopic (exact) mass is 626 g/mol. The van der Waals surface area contributed by atoms with E-state index in [0.717, 1.165) is 11.1 Å². The van der Waals surface area contributed by atoms with Gasteiger partial charge in [0, 0.05) is 0 Å². The molecular weight excluding hydrogens is 592 g/mol. The van der Waals surface area contributed by atoms with Crippen LogP contribution in [0.3, 0.4) is 0 Å². The van der Waals surface area contributed by atoms with Crippen LogP contribution in [0.25, 0.3) is 0 Å². The molecule has 1 nitrogen and oxygen atoms in total. The minimum absolute atomic E-state index is 0.0140. The van der Waals surface area contributed by atoms with Crippen molar-refractivity contribution in [3.63, 3.8) is 0 Å². The minimum atomic E-state index is -3.68. The van der Waals surface area contributed by atoms with Crippen molar-refractivity contribution in [1.82, 2.24) is 0 Å². The molecule has 42 heavy (non-hydrogen) atoms. The fourth-order valence-electron chi connectivity index (χ4n) is 6.55. The van der Waals surface area contributed by atoms with Crippen molar-refractivity contribution in [3.05, 3.63) is 198 Å². The fraction of sp³-hybridized carbons (Fsp3) is 0.0769. The van der Waals surface area contributed by atoms with Crippen LogP contribution in [0, 0.1) is 0 Å². The first-order valence-corrected chi connectivity index (χ1v) is 19.1. The third kappa shape index (κ3) is 5.36. The summed E-state index contributed by atoms with van der Waals surface area (Å²) in [4.78, 5) is 0. The van der Waals surface area contributed by atoms with Crippen molar-refractivity contribution in [3.8, 4) is 0 Å². The predicted octanol–water partition coefficient (Wildman–Crippen LogP) is 7.46. The molecule has 6 aromatic rings. The number of hydrogen-bond donors (Lipinski definition) is 1.